The number of hydrogen-bond acceptors (Lipinski definition) is 2. The fraction of sp³-hybridized carbons (Fsp3) is 0.533. The molecule has 0 saturated carbocycles. The molecule has 1 atom stereocenters. The standard InChI is InChI=1S/C15H23ClN2O/c1-11(10-12-4-6-13(16)7-5-12)18-14(19)8-9-15(2,3)17/h4-7,11H,8-10,17H2,1-3H3,(H,18,19). The molecule has 0 aliphatic rings. The predicted octanol–water partition coefficient (Wildman–Crippen LogP) is 2.90. The molecular weight excluding hydrogens is 260 g/mol. The van der Waals surface area contributed by atoms with E-state index in [1.54, 1.807) is 0 Å². The monoisotopic (exact) mass is 282 g/mol. The van der Waals surface area contributed by atoms with Crippen molar-refractivity contribution < 1.29 is 4.79 Å². The smallest absolute Gasteiger partial charge is 0.220 e. The zero-order valence-corrected chi connectivity index (χ0v) is 12.6. The summed E-state index contributed by atoms with van der Waals surface area (Å²) in [7, 11) is 0. The molecule has 0 aliphatic heterocycles. The van der Waals surface area contributed by atoms with E-state index in [0.29, 0.717) is 12.8 Å². The topological polar surface area (TPSA) is 55.1 Å². The van der Waals surface area contributed by atoms with Crippen molar-refractivity contribution >= 4 is 17.5 Å². The Morgan fingerprint density at radius 2 is 1.95 bits per heavy atom. The van der Waals surface area contributed by atoms with Crippen molar-refractivity contribution in [2.75, 3.05) is 0 Å². The molecule has 0 saturated heterocycles. The SMILES string of the molecule is CC(Cc1ccc(Cl)cc1)NC(=O)CCC(C)(C)N. The molecule has 106 valence electrons. The van der Waals surface area contributed by atoms with Crippen LogP contribution in [0.1, 0.15) is 39.2 Å². The molecule has 1 rings (SSSR count). The molecule has 1 aromatic carbocycles. The first-order chi connectivity index (χ1) is 8.76. The van der Waals surface area contributed by atoms with Crippen LogP contribution in [0.2, 0.25) is 5.02 Å². The van der Waals surface area contributed by atoms with E-state index < -0.39 is 0 Å². The highest BCUT2D eigenvalue weighted by Crippen LogP contribution is 2.11. The summed E-state index contributed by atoms with van der Waals surface area (Å²) in [6, 6.07) is 7.79. The fourth-order valence-electron chi connectivity index (χ4n) is 1.81. The van der Waals surface area contributed by atoms with Crippen molar-refractivity contribution in [3.8, 4) is 0 Å². The molecule has 19 heavy (non-hydrogen) atoms. The Morgan fingerprint density at radius 3 is 2.47 bits per heavy atom. The van der Waals surface area contributed by atoms with Crippen LogP contribution >= 0.6 is 11.6 Å². The first-order valence-electron chi connectivity index (χ1n) is 6.59. The van der Waals surface area contributed by atoms with Crippen molar-refractivity contribution in [3.63, 3.8) is 0 Å². The highest BCUT2D eigenvalue weighted by molar-refractivity contribution is 6.30. The van der Waals surface area contributed by atoms with Gasteiger partial charge in [-0.3, -0.25) is 4.79 Å². The van der Waals surface area contributed by atoms with Gasteiger partial charge in [0.05, 0.1) is 0 Å². The Bertz CT molecular complexity index is 409. The number of hydrogen-bond donors (Lipinski definition) is 2. The first kappa shape index (κ1) is 16.0. The molecule has 1 aromatic rings. The normalized spacial score (nSPS) is 13.1. The van der Waals surface area contributed by atoms with Crippen LogP contribution in [0.5, 0.6) is 0 Å². The highest BCUT2D eigenvalue weighted by atomic mass is 35.5. The van der Waals surface area contributed by atoms with E-state index in [1.807, 2.05) is 45.0 Å². The van der Waals surface area contributed by atoms with Gasteiger partial charge < -0.3 is 11.1 Å². The number of carbonyl (C=O) groups is 1. The molecule has 0 spiro atoms. The van der Waals surface area contributed by atoms with Gasteiger partial charge in [-0.15, -0.1) is 0 Å². The lowest BCUT2D eigenvalue weighted by Gasteiger charge is -2.19. The summed E-state index contributed by atoms with van der Waals surface area (Å²) >= 11 is 5.83. The van der Waals surface area contributed by atoms with Crippen LogP contribution in [0.4, 0.5) is 0 Å². The molecule has 3 nitrogen and oxygen atoms in total. The number of amides is 1. The van der Waals surface area contributed by atoms with Crippen LogP contribution in [-0.2, 0) is 11.2 Å². The summed E-state index contributed by atoms with van der Waals surface area (Å²) in [6.45, 7) is 5.86. The largest absolute Gasteiger partial charge is 0.353 e. The van der Waals surface area contributed by atoms with Crippen molar-refractivity contribution in [1.82, 2.24) is 5.32 Å². The molecule has 0 aromatic heterocycles. The van der Waals surface area contributed by atoms with Gasteiger partial charge in [0.15, 0.2) is 0 Å². The van der Waals surface area contributed by atoms with Crippen molar-refractivity contribution in [2.24, 2.45) is 5.73 Å². The third kappa shape index (κ3) is 7.19. The second-order valence-electron chi connectivity index (χ2n) is 5.79. The zero-order chi connectivity index (χ0) is 14.5. The predicted molar refractivity (Wildman–Crippen MR) is 80.3 cm³/mol. The number of halogens is 1. The van der Waals surface area contributed by atoms with E-state index in [1.165, 1.54) is 0 Å². The van der Waals surface area contributed by atoms with Crippen LogP contribution in [0.3, 0.4) is 0 Å². The summed E-state index contributed by atoms with van der Waals surface area (Å²) in [6.07, 6.45) is 1.95. The molecule has 0 fully saturated rings. The Balaban J connectivity index is 2.36. The molecule has 3 N–H and O–H groups in total. The molecule has 0 heterocycles. The zero-order valence-electron chi connectivity index (χ0n) is 11.9. The van der Waals surface area contributed by atoms with E-state index in [9.17, 15) is 4.79 Å². The third-order valence-corrected chi connectivity index (χ3v) is 3.11. The van der Waals surface area contributed by atoms with Crippen LogP contribution in [0.25, 0.3) is 0 Å². The summed E-state index contributed by atoms with van der Waals surface area (Å²) in [5.41, 5.74) is 6.73. The average Bonchev–Trinajstić information content (AvgIpc) is 2.29. The fourth-order valence-corrected chi connectivity index (χ4v) is 1.93. The number of rotatable bonds is 6. The molecule has 0 radical (unpaired) electrons. The Kier molecular flexibility index (Phi) is 5.83. The third-order valence-electron chi connectivity index (χ3n) is 2.86. The van der Waals surface area contributed by atoms with Crippen LogP contribution in [0.15, 0.2) is 24.3 Å². The Labute approximate surface area is 120 Å². The van der Waals surface area contributed by atoms with E-state index >= 15 is 0 Å². The van der Waals surface area contributed by atoms with Crippen molar-refractivity contribution in [3.05, 3.63) is 34.9 Å². The summed E-state index contributed by atoms with van der Waals surface area (Å²) in [5.74, 6) is 0.0555. The van der Waals surface area contributed by atoms with Gasteiger partial charge in [0, 0.05) is 23.0 Å². The number of nitrogens with two attached hydrogens (primary N) is 1. The van der Waals surface area contributed by atoms with E-state index in [4.69, 9.17) is 17.3 Å². The lowest BCUT2D eigenvalue weighted by molar-refractivity contribution is -0.122. The lowest BCUT2D eigenvalue weighted by Crippen LogP contribution is -2.37. The van der Waals surface area contributed by atoms with Crippen LogP contribution in [-0.4, -0.2) is 17.5 Å². The number of carbonyl (C=O) groups excluding carboxylic acids is 1. The van der Waals surface area contributed by atoms with Crippen LogP contribution in [0, 0.1) is 0 Å². The number of benzene rings is 1. The maximum Gasteiger partial charge on any atom is 0.220 e. The lowest BCUT2D eigenvalue weighted by atomic mass is 9.99. The average molecular weight is 283 g/mol. The molecule has 0 aliphatic carbocycles. The maximum absolute atomic E-state index is 11.8. The molecule has 1 amide bonds. The Morgan fingerprint density at radius 1 is 1.37 bits per heavy atom. The second kappa shape index (κ2) is 6.92. The molecule has 1 unspecified atom stereocenters. The van der Waals surface area contributed by atoms with Gasteiger partial charge >= 0.3 is 0 Å². The van der Waals surface area contributed by atoms with Crippen LogP contribution < -0.4 is 11.1 Å². The Hall–Kier alpha value is -1.06. The van der Waals surface area contributed by atoms with Gasteiger partial charge in [0.2, 0.25) is 5.91 Å². The first-order valence-corrected chi connectivity index (χ1v) is 6.97. The van der Waals surface area contributed by atoms with Gasteiger partial charge in [-0.25, -0.2) is 0 Å². The van der Waals surface area contributed by atoms with Gasteiger partial charge in [0.1, 0.15) is 0 Å². The minimum Gasteiger partial charge on any atom is -0.353 e. The van der Waals surface area contributed by atoms with E-state index in [0.717, 1.165) is 17.0 Å². The van der Waals surface area contributed by atoms with Crippen molar-refractivity contribution in [1.29, 1.82) is 0 Å². The summed E-state index contributed by atoms with van der Waals surface area (Å²) < 4.78 is 0. The number of nitrogens with one attached hydrogen (secondary N) is 1. The highest BCUT2D eigenvalue weighted by Gasteiger charge is 2.14. The van der Waals surface area contributed by atoms with E-state index in [2.05, 4.69) is 5.32 Å². The van der Waals surface area contributed by atoms with Gasteiger partial charge in [-0.2, -0.15) is 0 Å². The van der Waals surface area contributed by atoms with Gasteiger partial charge in [-0.1, -0.05) is 23.7 Å². The molecular formula is C15H23ClN2O. The summed E-state index contributed by atoms with van der Waals surface area (Å²) in [5, 5.41) is 3.72. The summed E-state index contributed by atoms with van der Waals surface area (Å²) in [4.78, 5) is 11.8. The maximum atomic E-state index is 11.8. The van der Waals surface area contributed by atoms with Gasteiger partial charge in [-0.05, 0) is 51.3 Å². The minimum absolute atomic E-state index is 0.0555. The molecule has 0 bridgehead atoms. The van der Waals surface area contributed by atoms with E-state index in [-0.39, 0.29) is 17.5 Å². The quantitative estimate of drug-likeness (QED) is 0.843. The minimum atomic E-state index is -0.295. The second-order valence-corrected chi connectivity index (χ2v) is 6.22. The van der Waals surface area contributed by atoms with Gasteiger partial charge in [0.25, 0.3) is 0 Å². The van der Waals surface area contributed by atoms with Crippen molar-refractivity contribution in [2.45, 2.75) is 51.6 Å². The molecule has 4 heteroatoms.